The van der Waals surface area contributed by atoms with Crippen LogP contribution in [0.5, 0.6) is 0 Å². The Labute approximate surface area is 148 Å². The second kappa shape index (κ2) is 7.97. The maximum absolute atomic E-state index is 12.7. The molecule has 8 nitrogen and oxygen atoms in total. The number of nitrogens with zero attached hydrogens (tertiary/aromatic N) is 4. The topological polar surface area (TPSA) is 79.7 Å². The Morgan fingerprint density at radius 2 is 2.12 bits per heavy atom. The zero-order valence-electron chi connectivity index (χ0n) is 15.0. The maximum Gasteiger partial charge on any atom is 0.243 e. The first-order valence-electron chi connectivity index (χ1n) is 9.04. The summed E-state index contributed by atoms with van der Waals surface area (Å²) in [5.74, 6) is 0.614. The number of morpholine rings is 1. The van der Waals surface area contributed by atoms with Gasteiger partial charge in [-0.15, -0.1) is 0 Å². The van der Waals surface area contributed by atoms with Crippen molar-refractivity contribution >= 4 is 17.6 Å². The van der Waals surface area contributed by atoms with Crippen molar-refractivity contribution in [1.82, 2.24) is 20.0 Å². The van der Waals surface area contributed by atoms with Crippen molar-refractivity contribution in [2.45, 2.75) is 39.3 Å². The smallest absolute Gasteiger partial charge is 0.243 e. The van der Waals surface area contributed by atoms with E-state index in [4.69, 9.17) is 4.74 Å². The van der Waals surface area contributed by atoms with Gasteiger partial charge in [0.25, 0.3) is 0 Å². The predicted octanol–water partition coefficient (Wildman–Crippen LogP) is 0.155. The van der Waals surface area contributed by atoms with Crippen molar-refractivity contribution in [3.8, 4) is 0 Å². The number of aryl methyl sites for hydroxylation is 2. The molecule has 0 bridgehead atoms. The Morgan fingerprint density at radius 1 is 1.36 bits per heavy atom. The number of amides is 2. The summed E-state index contributed by atoms with van der Waals surface area (Å²) < 4.78 is 7.15. The van der Waals surface area contributed by atoms with Gasteiger partial charge in [-0.2, -0.15) is 5.10 Å². The molecular formula is C17H27N5O3. The monoisotopic (exact) mass is 349 g/mol. The highest BCUT2D eigenvalue weighted by atomic mass is 16.5. The Kier molecular flexibility index (Phi) is 5.70. The quantitative estimate of drug-likeness (QED) is 0.791. The molecule has 0 saturated carbocycles. The van der Waals surface area contributed by atoms with Crippen molar-refractivity contribution in [3.63, 3.8) is 0 Å². The number of fused-ring (bicyclic) bond motifs is 1. The van der Waals surface area contributed by atoms with Gasteiger partial charge in [0.1, 0.15) is 11.9 Å². The van der Waals surface area contributed by atoms with Crippen LogP contribution in [0.4, 0.5) is 5.82 Å². The van der Waals surface area contributed by atoms with Gasteiger partial charge in [0.15, 0.2) is 0 Å². The molecule has 2 aliphatic heterocycles. The van der Waals surface area contributed by atoms with E-state index < -0.39 is 6.04 Å². The van der Waals surface area contributed by atoms with Gasteiger partial charge in [-0.25, -0.2) is 4.68 Å². The molecule has 8 heteroatoms. The van der Waals surface area contributed by atoms with Crippen LogP contribution in [0.25, 0.3) is 0 Å². The van der Waals surface area contributed by atoms with Crippen LogP contribution in [0.15, 0.2) is 6.07 Å². The van der Waals surface area contributed by atoms with Gasteiger partial charge in [0.2, 0.25) is 11.8 Å². The van der Waals surface area contributed by atoms with Crippen LogP contribution in [0.3, 0.4) is 0 Å². The first-order valence-corrected chi connectivity index (χ1v) is 9.04. The average molecular weight is 349 g/mol. The van der Waals surface area contributed by atoms with Gasteiger partial charge < -0.3 is 10.1 Å². The van der Waals surface area contributed by atoms with Crippen LogP contribution in [0.2, 0.25) is 0 Å². The molecule has 1 fully saturated rings. The summed E-state index contributed by atoms with van der Waals surface area (Å²) in [5, 5.41) is 7.40. The minimum absolute atomic E-state index is 0.0115. The summed E-state index contributed by atoms with van der Waals surface area (Å²) in [6.45, 7) is 9.08. The van der Waals surface area contributed by atoms with Crippen LogP contribution in [-0.4, -0.2) is 71.9 Å². The first kappa shape index (κ1) is 17.9. The number of rotatable bonds is 6. The molecule has 3 rings (SSSR count). The molecule has 138 valence electrons. The number of carbonyl (C=O) groups excluding carboxylic acids is 2. The predicted molar refractivity (Wildman–Crippen MR) is 93.4 cm³/mol. The third kappa shape index (κ3) is 4.01. The van der Waals surface area contributed by atoms with Crippen LogP contribution in [0.1, 0.15) is 25.5 Å². The highest BCUT2D eigenvalue weighted by Gasteiger charge is 2.34. The van der Waals surface area contributed by atoms with E-state index in [2.05, 4.69) is 15.3 Å². The fourth-order valence-corrected chi connectivity index (χ4v) is 3.44. The third-order valence-electron chi connectivity index (χ3n) is 4.77. The minimum Gasteiger partial charge on any atom is -0.379 e. The largest absolute Gasteiger partial charge is 0.379 e. The molecule has 3 heterocycles. The summed E-state index contributed by atoms with van der Waals surface area (Å²) in [6.07, 6.45) is 0.949. The summed E-state index contributed by atoms with van der Waals surface area (Å²) in [6, 6.07) is 1.38. The molecule has 1 saturated heterocycles. The molecule has 0 aliphatic carbocycles. The lowest BCUT2D eigenvalue weighted by molar-refractivity contribution is -0.127. The molecule has 1 unspecified atom stereocenters. The summed E-state index contributed by atoms with van der Waals surface area (Å²) in [7, 11) is 0. The highest BCUT2D eigenvalue weighted by molar-refractivity contribution is 6.00. The van der Waals surface area contributed by atoms with E-state index in [0.29, 0.717) is 25.9 Å². The number of hydrogen-bond donors (Lipinski definition) is 1. The van der Waals surface area contributed by atoms with Crippen LogP contribution in [-0.2, 0) is 20.9 Å². The average Bonchev–Trinajstić information content (AvgIpc) is 2.99. The molecule has 2 aliphatic rings. The van der Waals surface area contributed by atoms with Crippen LogP contribution < -0.4 is 10.2 Å². The van der Waals surface area contributed by atoms with E-state index in [9.17, 15) is 9.59 Å². The number of carbonyl (C=O) groups is 2. The number of aromatic nitrogens is 2. The number of anilines is 1. The van der Waals surface area contributed by atoms with Crippen molar-refractivity contribution in [2.75, 3.05) is 44.3 Å². The fourth-order valence-electron chi connectivity index (χ4n) is 3.44. The minimum atomic E-state index is -0.493. The molecule has 25 heavy (non-hydrogen) atoms. The zero-order valence-corrected chi connectivity index (χ0v) is 15.0. The lowest BCUT2D eigenvalue weighted by Crippen LogP contribution is -2.53. The Bertz CT molecular complexity index is 624. The summed E-state index contributed by atoms with van der Waals surface area (Å²) in [4.78, 5) is 29.1. The molecule has 1 atom stereocenters. The van der Waals surface area contributed by atoms with Crippen molar-refractivity contribution < 1.29 is 14.3 Å². The maximum atomic E-state index is 12.7. The van der Waals surface area contributed by atoms with Gasteiger partial charge in [0.05, 0.1) is 25.5 Å². The Morgan fingerprint density at radius 3 is 2.84 bits per heavy atom. The van der Waals surface area contributed by atoms with Crippen LogP contribution in [0, 0.1) is 6.92 Å². The Hall–Kier alpha value is -1.93. The third-order valence-corrected chi connectivity index (χ3v) is 4.77. The van der Waals surface area contributed by atoms with E-state index in [-0.39, 0.29) is 11.8 Å². The van der Waals surface area contributed by atoms with Gasteiger partial charge in [0, 0.05) is 38.7 Å². The van der Waals surface area contributed by atoms with Crippen molar-refractivity contribution in [3.05, 3.63) is 11.8 Å². The number of ether oxygens (including phenoxy) is 1. The first-order chi connectivity index (χ1) is 12.1. The zero-order chi connectivity index (χ0) is 17.8. The lowest BCUT2D eigenvalue weighted by atomic mass is 10.1. The number of nitrogens with one attached hydrogen (secondary N) is 1. The summed E-state index contributed by atoms with van der Waals surface area (Å²) >= 11 is 0. The second-order valence-corrected chi connectivity index (χ2v) is 6.55. The molecule has 1 N–H and O–H groups in total. The van der Waals surface area contributed by atoms with E-state index in [0.717, 1.165) is 44.4 Å². The molecule has 1 aromatic heterocycles. The standard InChI is InChI=1S/C17H27N5O3/c1-3-14(17(24)18-5-7-20-8-10-25-11-9-20)22-15-12-13(2)19-21(15)6-4-16(22)23/h12,14H,3-11H2,1-2H3,(H,18,24). The normalized spacial score (nSPS) is 19.6. The van der Waals surface area contributed by atoms with Crippen molar-refractivity contribution in [1.29, 1.82) is 0 Å². The van der Waals surface area contributed by atoms with E-state index in [1.165, 1.54) is 0 Å². The molecule has 0 radical (unpaired) electrons. The van der Waals surface area contributed by atoms with E-state index >= 15 is 0 Å². The van der Waals surface area contributed by atoms with Gasteiger partial charge in [-0.3, -0.25) is 19.4 Å². The summed E-state index contributed by atoms with van der Waals surface area (Å²) in [5.41, 5.74) is 0.859. The van der Waals surface area contributed by atoms with Crippen molar-refractivity contribution in [2.24, 2.45) is 0 Å². The Balaban J connectivity index is 1.62. The van der Waals surface area contributed by atoms with E-state index in [1.54, 1.807) is 4.90 Å². The lowest BCUT2D eigenvalue weighted by Gasteiger charge is -2.33. The number of hydrogen-bond acceptors (Lipinski definition) is 5. The molecule has 0 spiro atoms. The highest BCUT2D eigenvalue weighted by Crippen LogP contribution is 2.25. The molecular weight excluding hydrogens is 322 g/mol. The van der Waals surface area contributed by atoms with Gasteiger partial charge in [-0.05, 0) is 13.3 Å². The van der Waals surface area contributed by atoms with Crippen LogP contribution >= 0.6 is 0 Å². The van der Waals surface area contributed by atoms with Gasteiger partial charge in [-0.1, -0.05) is 6.92 Å². The molecule has 1 aromatic rings. The second-order valence-electron chi connectivity index (χ2n) is 6.55. The fraction of sp³-hybridized carbons (Fsp3) is 0.706. The molecule has 0 aromatic carbocycles. The van der Waals surface area contributed by atoms with E-state index in [1.807, 2.05) is 24.6 Å². The molecule has 2 amide bonds. The SMILES string of the molecule is CCC(C(=O)NCCN1CCOCC1)N1C(=O)CCn2nc(C)cc21. The van der Waals surface area contributed by atoms with Gasteiger partial charge >= 0.3 is 0 Å².